The SMILES string of the molecule is Clc1nc(-c2ccc3ccccc3c2)nc(-c2cccc3c2sc2cccc(-c4cccc(-c5ccccc5)c4)c23)n1. The Morgan fingerprint density at radius 2 is 1.19 bits per heavy atom. The van der Waals surface area contributed by atoms with Crippen molar-refractivity contribution in [2.24, 2.45) is 0 Å². The van der Waals surface area contributed by atoms with Crippen LogP contribution in [-0.4, -0.2) is 15.0 Å². The summed E-state index contributed by atoms with van der Waals surface area (Å²) < 4.78 is 2.35. The highest BCUT2D eigenvalue weighted by Gasteiger charge is 2.17. The highest BCUT2D eigenvalue weighted by atomic mass is 35.5. The molecule has 6 aromatic carbocycles. The first-order chi connectivity index (χ1) is 20.7. The molecule has 0 spiro atoms. The van der Waals surface area contributed by atoms with E-state index in [-0.39, 0.29) is 5.28 Å². The smallest absolute Gasteiger partial charge is 0.208 e. The van der Waals surface area contributed by atoms with Gasteiger partial charge in [0.2, 0.25) is 5.28 Å². The molecule has 0 N–H and O–H groups in total. The highest BCUT2D eigenvalue weighted by Crippen LogP contribution is 2.44. The summed E-state index contributed by atoms with van der Waals surface area (Å²) >= 11 is 8.27. The van der Waals surface area contributed by atoms with Crippen molar-refractivity contribution in [2.45, 2.75) is 0 Å². The van der Waals surface area contributed by atoms with Gasteiger partial charge in [-0.3, -0.25) is 0 Å². The van der Waals surface area contributed by atoms with E-state index in [2.05, 4.69) is 119 Å². The van der Waals surface area contributed by atoms with Gasteiger partial charge in [-0.05, 0) is 68.9 Å². The summed E-state index contributed by atoms with van der Waals surface area (Å²) in [6, 6.07) is 46.6. The minimum atomic E-state index is 0.180. The minimum absolute atomic E-state index is 0.180. The van der Waals surface area contributed by atoms with Crippen molar-refractivity contribution in [3.05, 3.63) is 139 Å². The topological polar surface area (TPSA) is 38.7 Å². The third-order valence-corrected chi connectivity index (χ3v) is 9.03. The lowest BCUT2D eigenvalue weighted by atomic mass is 9.95. The summed E-state index contributed by atoms with van der Waals surface area (Å²) in [5.41, 5.74) is 6.66. The molecule has 198 valence electrons. The molecular weight excluding hydrogens is 554 g/mol. The van der Waals surface area contributed by atoms with Crippen molar-refractivity contribution in [3.8, 4) is 45.0 Å². The van der Waals surface area contributed by atoms with Gasteiger partial charge in [0.05, 0.1) is 0 Å². The Labute approximate surface area is 251 Å². The first-order valence-corrected chi connectivity index (χ1v) is 14.9. The lowest BCUT2D eigenvalue weighted by Gasteiger charge is -2.09. The van der Waals surface area contributed by atoms with Gasteiger partial charge in [-0.15, -0.1) is 11.3 Å². The van der Waals surface area contributed by atoms with Gasteiger partial charge < -0.3 is 0 Å². The number of hydrogen-bond donors (Lipinski definition) is 0. The molecule has 0 saturated heterocycles. The number of hydrogen-bond acceptors (Lipinski definition) is 4. The third kappa shape index (κ3) is 4.33. The fourth-order valence-electron chi connectivity index (χ4n) is 5.69. The van der Waals surface area contributed by atoms with Crippen LogP contribution >= 0.6 is 22.9 Å². The van der Waals surface area contributed by atoms with Gasteiger partial charge in [0.15, 0.2) is 11.6 Å². The van der Waals surface area contributed by atoms with Gasteiger partial charge >= 0.3 is 0 Å². The van der Waals surface area contributed by atoms with Gasteiger partial charge in [-0.25, -0.2) is 4.98 Å². The summed E-state index contributed by atoms with van der Waals surface area (Å²) in [4.78, 5) is 14.0. The molecule has 5 heteroatoms. The Kier molecular flexibility index (Phi) is 6.03. The molecule has 0 bridgehead atoms. The van der Waals surface area contributed by atoms with E-state index in [0.29, 0.717) is 11.6 Å². The van der Waals surface area contributed by atoms with Crippen molar-refractivity contribution in [2.75, 3.05) is 0 Å². The van der Waals surface area contributed by atoms with Crippen LogP contribution in [0.4, 0.5) is 0 Å². The average Bonchev–Trinajstić information content (AvgIpc) is 3.44. The molecule has 8 rings (SSSR count). The molecule has 0 aliphatic carbocycles. The first-order valence-electron chi connectivity index (χ1n) is 13.7. The van der Waals surface area contributed by atoms with Crippen LogP contribution in [0, 0.1) is 0 Å². The number of aromatic nitrogens is 3. The zero-order valence-corrected chi connectivity index (χ0v) is 23.9. The average molecular weight is 576 g/mol. The van der Waals surface area contributed by atoms with Crippen molar-refractivity contribution >= 4 is 53.9 Å². The number of nitrogens with zero attached hydrogens (tertiary/aromatic N) is 3. The number of fused-ring (bicyclic) bond motifs is 4. The van der Waals surface area contributed by atoms with E-state index in [0.717, 1.165) is 21.2 Å². The van der Waals surface area contributed by atoms with E-state index >= 15 is 0 Å². The Morgan fingerprint density at radius 3 is 2.10 bits per heavy atom. The van der Waals surface area contributed by atoms with Gasteiger partial charge in [0, 0.05) is 31.3 Å². The predicted octanol–water partition coefficient (Wildman–Crippen LogP) is 10.7. The minimum Gasteiger partial charge on any atom is -0.208 e. The summed E-state index contributed by atoms with van der Waals surface area (Å²) in [5, 5.41) is 4.89. The maximum atomic E-state index is 6.51. The van der Waals surface area contributed by atoms with Crippen molar-refractivity contribution < 1.29 is 0 Å². The number of benzene rings is 6. The van der Waals surface area contributed by atoms with Crippen LogP contribution in [0.3, 0.4) is 0 Å². The molecule has 2 aromatic heterocycles. The lowest BCUT2D eigenvalue weighted by molar-refractivity contribution is 1.07. The van der Waals surface area contributed by atoms with Gasteiger partial charge in [0.25, 0.3) is 0 Å². The second-order valence-electron chi connectivity index (χ2n) is 10.2. The zero-order valence-electron chi connectivity index (χ0n) is 22.3. The standard InChI is InChI=1S/C37H22ClN3S/c38-37-40-35(28-20-19-24-11-4-5-12-25(24)22-28)39-36(41-37)31-17-7-16-30-33-29(15-8-18-32(33)42-34(30)31)27-14-6-13-26(21-27)23-9-2-1-3-10-23/h1-22H. The molecule has 0 aliphatic heterocycles. The van der Waals surface area contributed by atoms with E-state index in [1.807, 2.05) is 24.3 Å². The molecule has 42 heavy (non-hydrogen) atoms. The van der Waals surface area contributed by atoms with Crippen LogP contribution in [-0.2, 0) is 0 Å². The Morgan fingerprint density at radius 1 is 0.476 bits per heavy atom. The second-order valence-corrected chi connectivity index (χ2v) is 11.6. The Bertz CT molecular complexity index is 2270. The monoisotopic (exact) mass is 575 g/mol. The van der Waals surface area contributed by atoms with E-state index in [4.69, 9.17) is 16.6 Å². The van der Waals surface area contributed by atoms with Crippen LogP contribution in [0.15, 0.2) is 133 Å². The largest absolute Gasteiger partial charge is 0.226 e. The molecular formula is C37H22ClN3S. The van der Waals surface area contributed by atoms with Crippen LogP contribution in [0.5, 0.6) is 0 Å². The number of halogens is 1. The van der Waals surface area contributed by atoms with Crippen LogP contribution in [0.2, 0.25) is 5.28 Å². The predicted molar refractivity (Wildman–Crippen MR) is 177 cm³/mol. The van der Waals surface area contributed by atoms with Crippen molar-refractivity contribution in [1.29, 1.82) is 0 Å². The van der Waals surface area contributed by atoms with Crippen molar-refractivity contribution in [3.63, 3.8) is 0 Å². The van der Waals surface area contributed by atoms with Crippen LogP contribution in [0.1, 0.15) is 0 Å². The van der Waals surface area contributed by atoms with Crippen LogP contribution in [0.25, 0.3) is 76.0 Å². The highest BCUT2D eigenvalue weighted by molar-refractivity contribution is 7.26. The summed E-state index contributed by atoms with van der Waals surface area (Å²) in [7, 11) is 0. The lowest BCUT2D eigenvalue weighted by Crippen LogP contribution is -1.97. The zero-order chi connectivity index (χ0) is 28.0. The molecule has 2 heterocycles. The maximum absolute atomic E-state index is 6.51. The normalized spacial score (nSPS) is 11.5. The molecule has 0 atom stereocenters. The molecule has 0 amide bonds. The number of rotatable bonds is 4. The van der Waals surface area contributed by atoms with E-state index in [1.165, 1.54) is 43.1 Å². The van der Waals surface area contributed by atoms with E-state index in [9.17, 15) is 0 Å². The molecule has 0 saturated carbocycles. The molecule has 8 aromatic rings. The Hall–Kier alpha value is -4.90. The van der Waals surface area contributed by atoms with Gasteiger partial charge in [0.1, 0.15) is 0 Å². The summed E-state index contributed by atoms with van der Waals surface area (Å²) in [6.07, 6.45) is 0. The third-order valence-electron chi connectivity index (χ3n) is 7.66. The maximum Gasteiger partial charge on any atom is 0.226 e. The molecule has 0 radical (unpaired) electrons. The Balaban J connectivity index is 1.28. The molecule has 0 aliphatic rings. The number of thiophene rings is 1. The second kappa shape index (κ2) is 10.2. The molecule has 3 nitrogen and oxygen atoms in total. The van der Waals surface area contributed by atoms with E-state index in [1.54, 1.807) is 11.3 Å². The fraction of sp³-hybridized carbons (Fsp3) is 0. The van der Waals surface area contributed by atoms with Crippen LogP contribution < -0.4 is 0 Å². The summed E-state index contributed by atoms with van der Waals surface area (Å²) in [5.74, 6) is 1.13. The first kappa shape index (κ1) is 24.9. The molecule has 0 fully saturated rings. The van der Waals surface area contributed by atoms with Gasteiger partial charge in [-0.1, -0.05) is 109 Å². The van der Waals surface area contributed by atoms with E-state index < -0.39 is 0 Å². The summed E-state index contributed by atoms with van der Waals surface area (Å²) in [6.45, 7) is 0. The van der Waals surface area contributed by atoms with Gasteiger partial charge in [-0.2, -0.15) is 9.97 Å². The molecule has 0 unspecified atom stereocenters. The fourth-order valence-corrected chi connectivity index (χ4v) is 7.09. The van der Waals surface area contributed by atoms with Crippen molar-refractivity contribution in [1.82, 2.24) is 15.0 Å². The quantitative estimate of drug-likeness (QED) is 0.209.